The minimum Gasteiger partial charge on any atom is -0.414 e. The fourth-order valence-corrected chi connectivity index (χ4v) is 7.84. The second-order valence-corrected chi connectivity index (χ2v) is 16.2. The molecule has 23 heavy (non-hydrogen) atoms. The van der Waals surface area contributed by atoms with Crippen molar-refractivity contribution < 1.29 is 9.53 Å². The van der Waals surface area contributed by atoms with Gasteiger partial charge in [0.25, 0.3) is 0 Å². The van der Waals surface area contributed by atoms with Crippen molar-refractivity contribution in [2.75, 3.05) is 11.5 Å². The molecule has 1 aliphatic heterocycles. The quantitative estimate of drug-likeness (QED) is 0.436. The van der Waals surface area contributed by atoms with Crippen LogP contribution in [0.25, 0.3) is 0 Å². The van der Waals surface area contributed by atoms with Crippen LogP contribution in [0.3, 0.4) is 0 Å². The maximum atomic E-state index is 10.3. The van der Waals surface area contributed by atoms with Crippen molar-refractivity contribution in [1.29, 1.82) is 0 Å². The number of aliphatic hydroxyl groups excluding tert-OH is 1. The molecule has 0 aromatic carbocycles. The molecule has 0 aromatic rings. The van der Waals surface area contributed by atoms with E-state index in [1.807, 2.05) is 29.6 Å². The molecule has 2 nitrogen and oxygen atoms in total. The van der Waals surface area contributed by atoms with Gasteiger partial charge >= 0.3 is 0 Å². The summed E-state index contributed by atoms with van der Waals surface area (Å²) in [5, 5.41) is 10.6. The molecule has 1 rings (SSSR count). The topological polar surface area (TPSA) is 29.5 Å². The average Bonchev–Trinajstić information content (AvgIpc) is 2.37. The largest absolute Gasteiger partial charge is 0.414 e. The van der Waals surface area contributed by atoms with Gasteiger partial charge in [-0.05, 0) is 62.2 Å². The molecule has 5 heteroatoms. The molecule has 0 amide bonds. The maximum absolute atomic E-state index is 10.3. The van der Waals surface area contributed by atoms with Gasteiger partial charge in [0.1, 0.15) is 0 Å². The SMILES string of the molecule is C=CC[C@@H](O)CC1(C[C@H](C)O[Si](C)(C)C(C)(C)C)SCCCS1. The van der Waals surface area contributed by atoms with E-state index in [1.165, 1.54) is 17.9 Å². The van der Waals surface area contributed by atoms with E-state index in [2.05, 4.69) is 47.4 Å². The lowest BCUT2D eigenvalue weighted by Gasteiger charge is -2.43. The normalized spacial score (nSPS) is 21.7. The number of hydrogen-bond acceptors (Lipinski definition) is 4. The van der Waals surface area contributed by atoms with Gasteiger partial charge in [0.15, 0.2) is 8.32 Å². The van der Waals surface area contributed by atoms with E-state index in [9.17, 15) is 5.11 Å². The molecule has 136 valence electrons. The van der Waals surface area contributed by atoms with Gasteiger partial charge in [-0.2, -0.15) is 0 Å². The number of aliphatic hydroxyl groups is 1. The average molecular weight is 377 g/mol. The summed E-state index contributed by atoms with van der Waals surface area (Å²) in [6.07, 6.45) is 5.58. The summed E-state index contributed by atoms with van der Waals surface area (Å²) < 4.78 is 6.68. The fourth-order valence-electron chi connectivity index (χ4n) is 2.73. The summed E-state index contributed by atoms with van der Waals surface area (Å²) in [5.41, 5.74) is 0. The number of rotatable bonds is 8. The van der Waals surface area contributed by atoms with E-state index in [0.717, 1.165) is 12.8 Å². The van der Waals surface area contributed by atoms with Crippen LogP contribution in [0.5, 0.6) is 0 Å². The van der Waals surface area contributed by atoms with Gasteiger partial charge in [-0.3, -0.25) is 0 Å². The van der Waals surface area contributed by atoms with Crippen LogP contribution in [0.4, 0.5) is 0 Å². The molecular formula is C18H36O2S2Si. The number of hydrogen-bond donors (Lipinski definition) is 1. The van der Waals surface area contributed by atoms with E-state index in [0.29, 0.717) is 6.42 Å². The minimum absolute atomic E-state index is 0.0997. The van der Waals surface area contributed by atoms with Crippen LogP contribution in [0.1, 0.15) is 53.4 Å². The highest BCUT2D eigenvalue weighted by Gasteiger charge is 2.42. The van der Waals surface area contributed by atoms with Gasteiger partial charge in [-0.25, -0.2) is 0 Å². The summed E-state index contributed by atoms with van der Waals surface area (Å²) in [5.74, 6) is 2.39. The summed E-state index contributed by atoms with van der Waals surface area (Å²) in [6, 6.07) is 0. The van der Waals surface area contributed by atoms with Gasteiger partial charge < -0.3 is 9.53 Å². The molecule has 1 aliphatic rings. The third-order valence-electron chi connectivity index (χ3n) is 4.90. The standard InChI is InChI=1S/C18H36O2S2Si/c1-8-10-16(19)14-18(21-11-9-12-22-18)13-15(2)20-23(6,7)17(3,4)5/h8,15-16,19H,1,9-14H2,2-7H3/t15-,16+/m0/s1. The fraction of sp³-hybridized carbons (Fsp3) is 0.889. The van der Waals surface area contributed by atoms with Crippen LogP contribution in [-0.4, -0.2) is 41.2 Å². The van der Waals surface area contributed by atoms with Crippen molar-refractivity contribution in [2.24, 2.45) is 0 Å². The molecule has 0 aliphatic carbocycles. The van der Waals surface area contributed by atoms with Crippen LogP contribution >= 0.6 is 23.5 Å². The monoisotopic (exact) mass is 376 g/mol. The summed E-state index contributed by atoms with van der Waals surface area (Å²) in [6.45, 7) is 17.5. The Labute approximate surface area is 153 Å². The zero-order chi connectivity index (χ0) is 17.7. The van der Waals surface area contributed by atoms with Crippen molar-refractivity contribution in [3.8, 4) is 0 Å². The van der Waals surface area contributed by atoms with Crippen molar-refractivity contribution in [2.45, 2.75) is 87.8 Å². The first kappa shape index (κ1) is 21.6. The molecule has 1 heterocycles. The van der Waals surface area contributed by atoms with Crippen molar-refractivity contribution in [3.63, 3.8) is 0 Å². The Kier molecular flexibility index (Phi) is 8.26. The molecule has 0 spiro atoms. The highest BCUT2D eigenvalue weighted by molar-refractivity contribution is 8.18. The molecule has 0 bridgehead atoms. The van der Waals surface area contributed by atoms with Crippen molar-refractivity contribution >= 4 is 31.8 Å². The lowest BCUT2D eigenvalue weighted by molar-refractivity contribution is 0.144. The molecule has 0 saturated carbocycles. The highest BCUT2D eigenvalue weighted by atomic mass is 32.2. The second kappa shape index (κ2) is 8.79. The zero-order valence-electron chi connectivity index (χ0n) is 15.9. The maximum Gasteiger partial charge on any atom is 0.192 e. The second-order valence-electron chi connectivity index (χ2n) is 8.24. The third-order valence-corrected chi connectivity index (χ3v) is 12.9. The van der Waals surface area contributed by atoms with E-state index >= 15 is 0 Å². The molecule has 1 N–H and O–H groups in total. The number of thioether (sulfide) groups is 2. The Balaban J connectivity index is 2.74. The Morgan fingerprint density at radius 3 is 2.30 bits per heavy atom. The summed E-state index contributed by atoms with van der Waals surface area (Å²) in [4.78, 5) is 0. The lowest BCUT2D eigenvalue weighted by atomic mass is 10.1. The Morgan fingerprint density at radius 2 is 1.83 bits per heavy atom. The van der Waals surface area contributed by atoms with Crippen molar-refractivity contribution in [3.05, 3.63) is 12.7 Å². The Hall–Kier alpha value is 0.577. The first-order valence-corrected chi connectivity index (χ1v) is 13.6. The van der Waals surface area contributed by atoms with Crippen LogP contribution in [-0.2, 0) is 4.43 Å². The molecule has 2 atom stereocenters. The lowest BCUT2D eigenvalue weighted by Crippen LogP contribution is -2.45. The summed E-state index contributed by atoms with van der Waals surface area (Å²) >= 11 is 4.06. The van der Waals surface area contributed by atoms with Crippen LogP contribution in [0, 0.1) is 0 Å². The van der Waals surface area contributed by atoms with Gasteiger partial charge in [-0.1, -0.05) is 26.8 Å². The molecule has 0 aromatic heterocycles. The predicted molar refractivity (Wildman–Crippen MR) is 110 cm³/mol. The van der Waals surface area contributed by atoms with E-state index < -0.39 is 8.32 Å². The molecule has 1 saturated heterocycles. The van der Waals surface area contributed by atoms with Gasteiger partial charge in [-0.15, -0.1) is 30.1 Å². The smallest absolute Gasteiger partial charge is 0.192 e. The first-order valence-electron chi connectivity index (χ1n) is 8.76. The molecule has 1 fully saturated rings. The van der Waals surface area contributed by atoms with Crippen molar-refractivity contribution in [1.82, 2.24) is 0 Å². The van der Waals surface area contributed by atoms with Gasteiger partial charge in [0.05, 0.1) is 10.2 Å². The zero-order valence-corrected chi connectivity index (χ0v) is 18.5. The van der Waals surface area contributed by atoms with Gasteiger partial charge in [0.2, 0.25) is 0 Å². The Bertz CT molecular complexity index is 374. The third kappa shape index (κ3) is 6.77. The molecule has 0 radical (unpaired) electrons. The van der Waals surface area contributed by atoms with E-state index in [-0.39, 0.29) is 21.3 Å². The van der Waals surface area contributed by atoms with Crippen LogP contribution < -0.4 is 0 Å². The van der Waals surface area contributed by atoms with Gasteiger partial charge in [0, 0.05) is 6.10 Å². The highest BCUT2D eigenvalue weighted by Crippen LogP contribution is 2.50. The van der Waals surface area contributed by atoms with Crippen LogP contribution in [0.15, 0.2) is 12.7 Å². The molecule has 0 unspecified atom stereocenters. The van der Waals surface area contributed by atoms with Crippen LogP contribution in [0.2, 0.25) is 18.1 Å². The van der Waals surface area contributed by atoms with E-state index in [4.69, 9.17) is 4.43 Å². The van der Waals surface area contributed by atoms with E-state index in [1.54, 1.807) is 0 Å². The Morgan fingerprint density at radius 1 is 1.26 bits per heavy atom. The predicted octanol–water partition coefficient (Wildman–Crippen LogP) is 5.68. The molecular weight excluding hydrogens is 340 g/mol. The minimum atomic E-state index is -1.74. The summed E-state index contributed by atoms with van der Waals surface area (Å²) in [7, 11) is -1.74. The first-order chi connectivity index (χ1) is 10.5.